The number of hydrogen-bond acceptors (Lipinski definition) is 7. The van der Waals surface area contributed by atoms with Crippen molar-refractivity contribution in [3.05, 3.63) is 42.2 Å². The number of nitrogens with zero attached hydrogens (tertiary/aromatic N) is 3. The van der Waals surface area contributed by atoms with Crippen molar-refractivity contribution >= 4 is 35.2 Å². The second-order valence-corrected chi connectivity index (χ2v) is 7.57. The van der Waals surface area contributed by atoms with Crippen molar-refractivity contribution < 1.29 is 14.4 Å². The first-order valence-electron chi connectivity index (χ1n) is 9.51. The van der Waals surface area contributed by atoms with Crippen LogP contribution in [0.25, 0.3) is 0 Å². The van der Waals surface area contributed by atoms with Crippen LogP contribution in [-0.2, 0) is 9.59 Å². The smallest absolute Gasteiger partial charge is 0.251 e. The molecule has 1 saturated heterocycles. The van der Waals surface area contributed by atoms with Gasteiger partial charge in [-0.05, 0) is 37.7 Å². The lowest BCUT2D eigenvalue weighted by Crippen LogP contribution is -2.54. The van der Waals surface area contributed by atoms with E-state index < -0.39 is 6.04 Å². The van der Waals surface area contributed by atoms with Crippen molar-refractivity contribution in [2.24, 2.45) is 0 Å². The van der Waals surface area contributed by atoms with Crippen LogP contribution in [0.1, 0.15) is 23.2 Å². The summed E-state index contributed by atoms with van der Waals surface area (Å²) < 4.78 is 0. The molecule has 156 valence electrons. The number of carbonyl (C=O) groups is 3. The number of nitrogens with one attached hydrogen (secondary N) is 3. The fourth-order valence-corrected chi connectivity index (χ4v) is 3.32. The van der Waals surface area contributed by atoms with Crippen molar-refractivity contribution in [2.45, 2.75) is 18.9 Å². The number of likely N-dealkylation sites (N-methyl/N-ethyl adjacent to an activating group) is 1. The van der Waals surface area contributed by atoms with Gasteiger partial charge in [0, 0.05) is 50.6 Å². The molecule has 1 atom stereocenters. The van der Waals surface area contributed by atoms with Gasteiger partial charge in [0.15, 0.2) is 5.12 Å². The monoisotopic (exact) mass is 418 g/mol. The van der Waals surface area contributed by atoms with Gasteiger partial charge in [0.05, 0.1) is 5.69 Å². The fourth-order valence-electron chi connectivity index (χ4n) is 3.19. The highest BCUT2D eigenvalue weighted by Crippen LogP contribution is 2.16. The van der Waals surface area contributed by atoms with Gasteiger partial charge < -0.3 is 20.5 Å². The molecule has 1 fully saturated rings. The topological polar surface area (TPSA) is 97.0 Å². The molecule has 2 heterocycles. The number of carbonyl (C=O) groups excluding carboxylic acids is 3. The minimum Gasteiger partial charge on any atom is -0.340 e. The first-order chi connectivity index (χ1) is 13.9. The molecule has 3 rings (SSSR count). The molecule has 0 spiro atoms. The molecule has 9 nitrogen and oxygen atoms in total. The predicted octanol–water partition coefficient (Wildman–Crippen LogP) is 0.0960. The molecule has 1 aromatic rings. The SMILES string of the molecule is CN1CCN(C(=O)[C@H](CCC(=O)S)NC(=O)c2ccc(N3C=CNN3)cc2)CC1. The Labute approximate surface area is 175 Å². The number of thiol groups is 1. The zero-order valence-electron chi connectivity index (χ0n) is 16.3. The summed E-state index contributed by atoms with van der Waals surface area (Å²) in [5.74, 6) is -0.506. The zero-order valence-corrected chi connectivity index (χ0v) is 17.2. The number of rotatable bonds is 7. The van der Waals surface area contributed by atoms with E-state index in [2.05, 4.69) is 33.8 Å². The maximum Gasteiger partial charge on any atom is 0.251 e. The minimum atomic E-state index is -0.755. The number of piperazine rings is 1. The third kappa shape index (κ3) is 5.72. The first-order valence-corrected chi connectivity index (χ1v) is 9.96. The number of anilines is 1. The summed E-state index contributed by atoms with van der Waals surface area (Å²) in [5.41, 5.74) is 7.05. The second kappa shape index (κ2) is 9.77. The van der Waals surface area contributed by atoms with Gasteiger partial charge >= 0.3 is 0 Å². The molecule has 0 saturated carbocycles. The molecule has 0 aromatic heterocycles. The highest BCUT2D eigenvalue weighted by molar-refractivity contribution is 7.96. The highest BCUT2D eigenvalue weighted by atomic mass is 32.1. The van der Waals surface area contributed by atoms with Crippen LogP contribution in [0.4, 0.5) is 5.69 Å². The van der Waals surface area contributed by atoms with E-state index in [0.29, 0.717) is 18.7 Å². The average Bonchev–Trinajstić information content (AvgIpc) is 3.26. The van der Waals surface area contributed by atoms with Crippen LogP contribution in [-0.4, -0.2) is 66.0 Å². The Morgan fingerprint density at radius 2 is 1.83 bits per heavy atom. The van der Waals surface area contributed by atoms with Gasteiger partial charge in [-0.2, -0.15) is 0 Å². The first kappa shape index (κ1) is 21.2. The van der Waals surface area contributed by atoms with E-state index in [1.165, 1.54) is 0 Å². The molecule has 10 heteroatoms. The Morgan fingerprint density at radius 1 is 1.14 bits per heavy atom. The molecule has 0 bridgehead atoms. The summed E-state index contributed by atoms with van der Waals surface area (Å²) in [4.78, 5) is 40.9. The van der Waals surface area contributed by atoms with Gasteiger partial charge in [-0.15, -0.1) is 18.2 Å². The lowest BCUT2D eigenvalue weighted by Gasteiger charge is -2.34. The number of benzene rings is 1. The van der Waals surface area contributed by atoms with E-state index in [-0.39, 0.29) is 29.8 Å². The Morgan fingerprint density at radius 3 is 2.41 bits per heavy atom. The largest absolute Gasteiger partial charge is 0.340 e. The summed E-state index contributed by atoms with van der Waals surface area (Å²) in [6.07, 6.45) is 3.91. The molecular weight excluding hydrogens is 392 g/mol. The van der Waals surface area contributed by atoms with E-state index in [1.54, 1.807) is 40.4 Å². The molecular formula is C19H26N6O3S. The maximum atomic E-state index is 12.9. The van der Waals surface area contributed by atoms with E-state index in [9.17, 15) is 14.4 Å². The van der Waals surface area contributed by atoms with Gasteiger partial charge in [-0.25, -0.2) is 0 Å². The van der Waals surface area contributed by atoms with Crippen LogP contribution in [0.3, 0.4) is 0 Å². The highest BCUT2D eigenvalue weighted by Gasteiger charge is 2.28. The second-order valence-electron chi connectivity index (χ2n) is 7.08. The summed E-state index contributed by atoms with van der Waals surface area (Å²) >= 11 is 3.79. The summed E-state index contributed by atoms with van der Waals surface area (Å²) in [5, 5.41) is 4.26. The van der Waals surface area contributed by atoms with Gasteiger partial charge in [0.25, 0.3) is 5.91 Å². The molecule has 0 radical (unpaired) electrons. The molecule has 2 aliphatic heterocycles. The van der Waals surface area contributed by atoms with Gasteiger partial charge in [0.1, 0.15) is 6.04 Å². The molecule has 2 aliphatic rings. The summed E-state index contributed by atoms with van der Waals surface area (Å²) in [6.45, 7) is 2.78. The van der Waals surface area contributed by atoms with Gasteiger partial charge in [-0.1, -0.05) is 0 Å². The third-order valence-corrected chi connectivity index (χ3v) is 5.19. The van der Waals surface area contributed by atoms with E-state index in [1.807, 2.05) is 13.2 Å². The van der Waals surface area contributed by atoms with Crippen LogP contribution in [0.15, 0.2) is 36.7 Å². The minimum absolute atomic E-state index is 0.118. The molecule has 29 heavy (non-hydrogen) atoms. The van der Waals surface area contributed by atoms with Crippen molar-refractivity contribution in [3.63, 3.8) is 0 Å². The van der Waals surface area contributed by atoms with Crippen molar-refractivity contribution in [3.8, 4) is 0 Å². The Balaban J connectivity index is 1.65. The summed E-state index contributed by atoms with van der Waals surface area (Å²) in [6, 6.07) is 6.23. The number of hydrogen-bond donors (Lipinski definition) is 4. The van der Waals surface area contributed by atoms with Crippen LogP contribution < -0.4 is 21.3 Å². The Kier molecular flexibility index (Phi) is 7.13. The molecule has 3 N–H and O–H groups in total. The predicted molar refractivity (Wildman–Crippen MR) is 113 cm³/mol. The number of hydrazine groups is 2. The normalized spacial score (nSPS) is 17.7. The van der Waals surface area contributed by atoms with E-state index >= 15 is 0 Å². The van der Waals surface area contributed by atoms with Crippen LogP contribution >= 0.6 is 12.6 Å². The standard InChI is InChI=1S/C19H26N6O3S/c1-23-10-12-24(13-11-23)19(28)16(6-7-17(26)29)21-18(27)14-2-4-15(5-3-14)25-9-8-20-22-25/h2-5,8-9,16,20,22H,6-7,10-13H2,1H3,(H,21,27)(H,26,29)/t16-/m0/s1. The van der Waals surface area contributed by atoms with E-state index in [0.717, 1.165) is 18.8 Å². The zero-order chi connectivity index (χ0) is 20.8. The molecule has 0 aliphatic carbocycles. The van der Waals surface area contributed by atoms with Crippen molar-refractivity contribution in [2.75, 3.05) is 38.2 Å². The molecule has 2 amide bonds. The molecule has 1 aromatic carbocycles. The van der Waals surface area contributed by atoms with E-state index in [4.69, 9.17) is 0 Å². The average molecular weight is 419 g/mol. The Bertz CT molecular complexity index is 777. The van der Waals surface area contributed by atoms with Gasteiger partial charge in [0.2, 0.25) is 5.91 Å². The van der Waals surface area contributed by atoms with Gasteiger partial charge in [-0.3, -0.25) is 19.4 Å². The third-order valence-electron chi connectivity index (χ3n) is 4.96. The van der Waals surface area contributed by atoms with Crippen molar-refractivity contribution in [1.82, 2.24) is 26.1 Å². The van der Waals surface area contributed by atoms with Crippen LogP contribution in [0.2, 0.25) is 0 Å². The fraction of sp³-hybridized carbons (Fsp3) is 0.421. The van der Waals surface area contributed by atoms with Crippen LogP contribution in [0, 0.1) is 0 Å². The lowest BCUT2D eigenvalue weighted by molar-refractivity contribution is -0.135. The summed E-state index contributed by atoms with van der Waals surface area (Å²) in [7, 11) is 2.01. The maximum absolute atomic E-state index is 12.9. The van der Waals surface area contributed by atoms with Crippen LogP contribution in [0.5, 0.6) is 0 Å². The van der Waals surface area contributed by atoms with Crippen molar-refractivity contribution in [1.29, 1.82) is 0 Å². The number of amides is 2. The quantitative estimate of drug-likeness (QED) is 0.466. The molecule has 0 unspecified atom stereocenters. The lowest BCUT2D eigenvalue weighted by atomic mass is 10.1. The Hall–Kier alpha value is -2.56.